The standard InChI is InChI=1S/C11H11ClFN3O2/c12-7-2-1-3-8(13)6(7)4-10-15-11(18-16-10)9(14)5-17/h1-3,9,17H,4-5,14H2/t9-/m1/s1. The zero-order chi connectivity index (χ0) is 13.1. The van der Waals surface area contributed by atoms with Gasteiger partial charge in [-0.1, -0.05) is 22.8 Å². The minimum Gasteiger partial charge on any atom is -0.394 e. The third kappa shape index (κ3) is 2.66. The van der Waals surface area contributed by atoms with Crippen molar-refractivity contribution in [2.75, 3.05) is 6.61 Å². The first-order valence-corrected chi connectivity index (χ1v) is 5.61. The molecular formula is C11H11ClFN3O2. The predicted octanol–water partition coefficient (Wildman–Crippen LogP) is 1.45. The van der Waals surface area contributed by atoms with Crippen LogP contribution in [0.4, 0.5) is 4.39 Å². The van der Waals surface area contributed by atoms with Gasteiger partial charge >= 0.3 is 0 Å². The first-order valence-electron chi connectivity index (χ1n) is 5.23. The van der Waals surface area contributed by atoms with Crippen LogP contribution in [0.5, 0.6) is 0 Å². The summed E-state index contributed by atoms with van der Waals surface area (Å²) >= 11 is 5.89. The van der Waals surface area contributed by atoms with Crippen molar-refractivity contribution < 1.29 is 14.0 Å². The number of rotatable bonds is 4. The van der Waals surface area contributed by atoms with Crippen LogP contribution >= 0.6 is 11.6 Å². The fourth-order valence-corrected chi connectivity index (χ4v) is 1.66. The first-order chi connectivity index (χ1) is 8.61. The largest absolute Gasteiger partial charge is 0.394 e. The number of aliphatic hydroxyl groups excluding tert-OH is 1. The fourth-order valence-electron chi connectivity index (χ4n) is 1.43. The second-order valence-corrected chi connectivity index (χ2v) is 4.12. The molecule has 18 heavy (non-hydrogen) atoms. The van der Waals surface area contributed by atoms with Crippen molar-refractivity contribution in [1.82, 2.24) is 10.1 Å². The van der Waals surface area contributed by atoms with Gasteiger partial charge in [-0.2, -0.15) is 4.98 Å². The zero-order valence-corrected chi connectivity index (χ0v) is 10.1. The lowest BCUT2D eigenvalue weighted by atomic mass is 10.1. The number of nitrogens with two attached hydrogens (primary N) is 1. The Morgan fingerprint density at radius 3 is 2.94 bits per heavy atom. The molecule has 96 valence electrons. The van der Waals surface area contributed by atoms with Crippen molar-refractivity contribution in [3.63, 3.8) is 0 Å². The summed E-state index contributed by atoms with van der Waals surface area (Å²) in [4.78, 5) is 3.97. The quantitative estimate of drug-likeness (QED) is 0.879. The van der Waals surface area contributed by atoms with E-state index in [0.717, 1.165) is 0 Å². The third-order valence-electron chi connectivity index (χ3n) is 2.39. The maximum atomic E-state index is 13.5. The van der Waals surface area contributed by atoms with Crippen molar-refractivity contribution in [1.29, 1.82) is 0 Å². The van der Waals surface area contributed by atoms with E-state index in [9.17, 15) is 4.39 Å². The Morgan fingerprint density at radius 1 is 1.50 bits per heavy atom. The Balaban J connectivity index is 2.21. The van der Waals surface area contributed by atoms with Crippen LogP contribution in [0.25, 0.3) is 0 Å². The molecule has 1 aromatic carbocycles. The summed E-state index contributed by atoms with van der Waals surface area (Å²) in [5.74, 6) is -0.0545. The van der Waals surface area contributed by atoms with Crippen LogP contribution in [-0.2, 0) is 6.42 Å². The van der Waals surface area contributed by atoms with E-state index >= 15 is 0 Å². The summed E-state index contributed by atoms with van der Waals surface area (Å²) in [5, 5.41) is 12.8. The van der Waals surface area contributed by atoms with Gasteiger partial charge in [0.25, 0.3) is 0 Å². The smallest absolute Gasteiger partial charge is 0.245 e. The van der Waals surface area contributed by atoms with E-state index in [0.29, 0.717) is 10.6 Å². The molecule has 3 N–H and O–H groups in total. The van der Waals surface area contributed by atoms with Crippen LogP contribution in [0, 0.1) is 5.82 Å². The maximum absolute atomic E-state index is 13.5. The molecule has 7 heteroatoms. The summed E-state index contributed by atoms with van der Waals surface area (Å²) < 4.78 is 18.4. The molecule has 5 nitrogen and oxygen atoms in total. The molecule has 2 aromatic rings. The van der Waals surface area contributed by atoms with Gasteiger partial charge in [0.05, 0.1) is 6.61 Å². The molecule has 0 saturated carbocycles. The molecule has 0 aliphatic rings. The molecule has 0 spiro atoms. The van der Waals surface area contributed by atoms with Crippen molar-refractivity contribution in [2.24, 2.45) is 5.73 Å². The Kier molecular flexibility index (Phi) is 3.90. The number of aliphatic hydroxyl groups is 1. The van der Waals surface area contributed by atoms with Crippen LogP contribution in [0.15, 0.2) is 22.7 Å². The van der Waals surface area contributed by atoms with Crippen LogP contribution in [-0.4, -0.2) is 21.9 Å². The molecule has 1 atom stereocenters. The molecule has 0 unspecified atom stereocenters. The number of nitrogens with zero attached hydrogens (tertiary/aromatic N) is 2. The zero-order valence-electron chi connectivity index (χ0n) is 9.31. The van der Waals surface area contributed by atoms with E-state index < -0.39 is 11.9 Å². The number of halogens is 2. The molecule has 0 aliphatic heterocycles. The fraction of sp³-hybridized carbons (Fsp3) is 0.273. The highest BCUT2D eigenvalue weighted by Crippen LogP contribution is 2.21. The van der Waals surface area contributed by atoms with Gasteiger partial charge in [0.15, 0.2) is 5.82 Å². The highest BCUT2D eigenvalue weighted by atomic mass is 35.5. The SMILES string of the molecule is N[C@H](CO)c1nc(Cc2c(F)cccc2Cl)no1. The lowest BCUT2D eigenvalue weighted by Crippen LogP contribution is -2.14. The highest BCUT2D eigenvalue weighted by Gasteiger charge is 2.16. The average molecular weight is 272 g/mol. The van der Waals surface area contributed by atoms with Gasteiger partial charge in [0, 0.05) is 17.0 Å². The van der Waals surface area contributed by atoms with Crippen molar-refractivity contribution in [3.05, 3.63) is 46.3 Å². The van der Waals surface area contributed by atoms with E-state index in [1.807, 2.05) is 0 Å². The summed E-state index contributed by atoms with van der Waals surface area (Å²) in [5.41, 5.74) is 5.81. The molecular weight excluding hydrogens is 261 g/mol. The molecule has 0 radical (unpaired) electrons. The molecule has 1 aromatic heterocycles. The number of hydrogen-bond acceptors (Lipinski definition) is 5. The summed E-state index contributed by atoms with van der Waals surface area (Å²) in [7, 11) is 0. The number of benzene rings is 1. The highest BCUT2D eigenvalue weighted by molar-refractivity contribution is 6.31. The predicted molar refractivity (Wildman–Crippen MR) is 62.5 cm³/mol. The number of aromatic nitrogens is 2. The van der Waals surface area contributed by atoms with Gasteiger partial charge in [-0.15, -0.1) is 0 Å². The lowest BCUT2D eigenvalue weighted by Gasteiger charge is -2.02. The maximum Gasteiger partial charge on any atom is 0.245 e. The average Bonchev–Trinajstić information content (AvgIpc) is 2.81. The second-order valence-electron chi connectivity index (χ2n) is 3.71. The van der Waals surface area contributed by atoms with Gasteiger partial charge in [-0.05, 0) is 12.1 Å². The van der Waals surface area contributed by atoms with Gasteiger partial charge < -0.3 is 15.4 Å². The minimum atomic E-state index is -0.734. The molecule has 0 fully saturated rings. The van der Waals surface area contributed by atoms with E-state index in [1.54, 1.807) is 6.07 Å². The Labute approximate surface area is 107 Å². The Hall–Kier alpha value is -1.50. The van der Waals surface area contributed by atoms with Crippen molar-refractivity contribution >= 4 is 11.6 Å². The molecule has 1 heterocycles. The van der Waals surface area contributed by atoms with Gasteiger partial charge in [-0.3, -0.25) is 0 Å². The van der Waals surface area contributed by atoms with Crippen LogP contribution in [0.2, 0.25) is 5.02 Å². The van der Waals surface area contributed by atoms with Crippen LogP contribution < -0.4 is 5.73 Å². The Bertz CT molecular complexity index is 527. The summed E-state index contributed by atoms with van der Waals surface area (Å²) in [6.45, 7) is -0.303. The van der Waals surface area contributed by atoms with Gasteiger partial charge in [-0.25, -0.2) is 4.39 Å². The Morgan fingerprint density at radius 2 is 2.28 bits per heavy atom. The molecule has 0 amide bonds. The topological polar surface area (TPSA) is 85.2 Å². The van der Waals surface area contributed by atoms with Gasteiger partial charge in [0.1, 0.15) is 11.9 Å². The van der Waals surface area contributed by atoms with E-state index in [2.05, 4.69) is 10.1 Å². The summed E-state index contributed by atoms with van der Waals surface area (Å²) in [6, 6.07) is 3.68. The molecule has 0 saturated heterocycles. The van der Waals surface area contributed by atoms with Crippen molar-refractivity contribution in [3.8, 4) is 0 Å². The minimum absolute atomic E-state index is 0.104. The molecule has 0 aliphatic carbocycles. The molecule has 2 rings (SSSR count). The normalized spacial score (nSPS) is 12.7. The lowest BCUT2D eigenvalue weighted by molar-refractivity contribution is 0.236. The molecule has 0 bridgehead atoms. The second kappa shape index (κ2) is 5.43. The van der Waals surface area contributed by atoms with Crippen LogP contribution in [0.1, 0.15) is 23.3 Å². The van der Waals surface area contributed by atoms with E-state index in [1.165, 1.54) is 12.1 Å². The van der Waals surface area contributed by atoms with E-state index in [4.69, 9.17) is 27.0 Å². The first kappa shape index (κ1) is 12.9. The summed E-state index contributed by atoms with van der Waals surface area (Å²) in [6.07, 6.45) is 0.104. The van der Waals surface area contributed by atoms with Crippen LogP contribution in [0.3, 0.4) is 0 Å². The number of hydrogen-bond donors (Lipinski definition) is 2. The van der Waals surface area contributed by atoms with E-state index in [-0.39, 0.29) is 24.7 Å². The monoisotopic (exact) mass is 271 g/mol. The van der Waals surface area contributed by atoms with Crippen molar-refractivity contribution in [2.45, 2.75) is 12.5 Å². The third-order valence-corrected chi connectivity index (χ3v) is 2.75. The van der Waals surface area contributed by atoms with Gasteiger partial charge in [0.2, 0.25) is 5.89 Å².